The summed E-state index contributed by atoms with van der Waals surface area (Å²) in [5.41, 5.74) is 2.92. The van der Waals surface area contributed by atoms with Gasteiger partial charge >= 0.3 is 5.97 Å². The van der Waals surface area contributed by atoms with Gasteiger partial charge in [-0.15, -0.1) is 0 Å². The van der Waals surface area contributed by atoms with Gasteiger partial charge in [-0.25, -0.2) is 9.78 Å². The zero-order valence-corrected chi connectivity index (χ0v) is 13.6. The number of fused-ring (bicyclic) bond motifs is 1. The zero-order chi connectivity index (χ0) is 15.6. The highest BCUT2D eigenvalue weighted by molar-refractivity contribution is 7.22. The van der Waals surface area contributed by atoms with Crippen LogP contribution >= 0.6 is 11.3 Å². The van der Waals surface area contributed by atoms with Crippen LogP contribution < -0.4 is 4.90 Å². The quantitative estimate of drug-likeness (QED) is 0.494. The number of nitrogens with zero attached hydrogens (tertiary/aromatic N) is 2. The molecular formula is C15H18N2O3S. The number of rotatable bonds is 4. The smallest absolute Gasteiger partial charge is 0.341 e. The molecular weight excluding hydrogens is 288 g/mol. The number of esters is 1. The van der Waals surface area contributed by atoms with Gasteiger partial charge in [-0.1, -0.05) is 11.3 Å². The number of hydrogen-bond donors (Lipinski definition) is 0. The molecule has 112 valence electrons. The number of benzene rings is 1. The summed E-state index contributed by atoms with van der Waals surface area (Å²) in [6.07, 6.45) is 1.40. The molecule has 0 amide bonds. The number of hydrogen-bond acceptors (Lipinski definition) is 6. The average Bonchev–Trinajstić information content (AvgIpc) is 2.87. The Balaban J connectivity index is 2.71. The van der Waals surface area contributed by atoms with E-state index < -0.39 is 5.97 Å². The molecule has 0 aliphatic rings. The number of aromatic nitrogens is 1. The lowest BCUT2D eigenvalue weighted by molar-refractivity contribution is -0.133. The first-order valence-electron chi connectivity index (χ1n) is 6.38. The highest BCUT2D eigenvalue weighted by atomic mass is 32.1. The summed E-state index contributed by atoms with van der Waals surface area (Å²) >= 11 is 1.58. The molecule has 0 unspecified atom stereocenters. The fourth-order valence-electron chi connectivity index (χ4n) is 2.00. The zero-order valence-electron chi connectivity index (χ0n) is 12.8. The molecule has 0 saturated heterocycles. The Labute approximate surface area is 127 Å². The van der Waals surface area contributed by atoms with Crippen LogP contribution in [0.4, 0.5) is 5.13 Å². The first-order valence-corrected chi connectivity index (χ1v) is 7.19. The lowest BCUT2D eigenvalue weighted by Crippen LogP contribution is -2.08. The number of methoxy groups -OCH3 is 2. The van der Waals surface area contributed by atoms with Crippen molar-refractivity contribution in [3.05, 3.63) is 29.5 Å². The van der Waals surface area contributed by atoms with Crippen molar-refractivity contribution in [2.45, 2.75) is 6.92 Å². The average molecular weight is 306 g/mol. The van der Waals surface area contributed by atoms with Crippen LogP contribution in [0, 0.1) is 6.92 Å². The molecule has 2 aromatic rings. The number of carbonyl (C=O) groups excluding carboxylic acids is 1. The summed E-state index contributed by atoms with van der Waals surface area (Å²) in [5.74, 6) is -0.442. The summed E-state index contributed by atoms with van der Waals surface area (Å²) in [7, 11) is 6.74. The third-order valence-electron chi connectivity index (χ3n) is 2.94. The highest BCUT2D eigenvalue weighted by Gasteiger charge is 2.19. The summed E-state index contributed by atoms with van der Waals surface area (Å²) in [4.78, 5) is 18.6. The van der Waals surface area contributed by atoms with Gasteiger partial charge in [-0.2, -0.15) is 0 Å². The predicted molar refractivity (Wildman–Crippen MR) is 85.7 cm³/mol. The molecule has 0 fully saturated rings. The highest BCUT2D eigenvalue weighted by Crippen LogP contribution is 2.34. The van der Waals surface area contributed by atoms with Crippen LogP contribution in [0.3, 0.4) is 0 Å². The molecule has 0 aliphatic carbocycles. The second-order valence-electron chi connectivity index (χ2n) is 4.81. The Morgan fingerprint density at radius 2 is 2.05 bits per heavy atom. The van der Waals surface area contributed by atoms with E-state index in [1.807, 2.05) is 32.0 Å². The largest absolute Gasteiger partial charge is 0.503 e. The number of thiazole rings is 1. The van der Waals surface area contributed by atoms with Crippen molar-refractivity contribution in [3.63, 3.8) is 0 Å². The fraction of sp³-hybridized carbons (Fsp3) is 0.333. The Morgan fingerprint density at radius 3 is 2.62 bits per heavy atom. The van der Waals surface area contributed by atoms with Crippen LogP contribution in [0.25, 0.3) is 15.8 Å². The van der Waals surface area contributed by atoms with E-state index in [9.17, 15) is 4.79 Å². The lowest BCUT2D eigenvalue weighted by Gasteiger charge is -2.08. The molecule has 1 heterocycles. The maximum atomic E-state index is 12.0. The minimum Gasteiger partial charge on any atom is -0.503 e. The van der Waals surface area contributed by atoms with Gasteiger partial charge in [0.05, 0.1) is 30.7 Å². The standard InChI is InChI=1S/C15H18N2O3S/c1-9-6-10(11(8-19-4)14(18)20-5)13-12(7-9)21-15(16-13)17(2)3/h6-8H,1-5H3/b11-8-. The number of anilines is 1. The number of carbonyl (C=O) groups is 1. The first-order chi connectivity index (χ1) is 9.97. The third kappa shape index (κ3) is 3.00. The van der Waals surface area contributed by atoms with Crippen LogP contribution in [-0.2, 0) is 14.3 Å². The topological polar surface area (TPSA) is 51.7 Å². The number of ether oxygens (including phenoxy) is 2. The van der Waals surface area contributed by atoms with Crippen LogP contribution in [0.1, 0.15) is 11.1 Å². The Morgan fingerprint density at radius 1 is 1.33 bits per heavy atom. The minimum absolute atomic E-state index is 0.365. The molecule has 2 rings (SSSR count). The van der Waals surface area contributed by atoms with Crippen molar-refractivity contribution in [2.24, 2.45) is 0 Å². The summed E-state index contributed by atoms with van der Waals surface area (Å²) in [6.45, 7) is 1.99. The molecule has 21 heavy (non-hydrogen) atoms. The van der Waals surface area contributed by atoms with Gasteiger partial charge in [0.25, 0.3) is 0 Å². The van der Waals surface area contributed by atoms with Crippen molar-refractivity contribution in [1.82, 2.24) is 4.98 Å². The molecule has 5 nitrogen and oxygen atoms in total. The predicted octanol–water partition coefficient (Wildman–Crippen LogP) is 2.83. The van der Waals surface area contributed by atoms with Gasteiger partial charge in [-0.3, -0.25) is 0 Å². The maximum Gasteiger partial charge on any atom is 0.341 e. The van der Waals surface area contributed by atoms with E-state index in [-0.39, 0.29) is 0 Å². The molecule has 0 N–H and O–H groups in total. The second-order valence-corrected chi connectivity index (χ2v) is 5.82. The van der Waals surface area contributed by atoms with Crippen LogP contribution in [0.2, 0.25) is 0 Å². The van der Waals surface area contributed by atoms with Gasteiger partial charge in [0.1, 0.15) is 5.57 Å². The fourth-order valence-corrected chi connectivity index (χ4v) is 3.01. The van der Waals surface area contributed by atoms with Crippen LogP contribution in [0.5, 0.6) is 0 Å². The first kappa shape index (κ1) is 15.3. The van der Waals surface area contributed by atoms with E-state index >= 15 is 0 Å². The molecule has 1 aromatic heterocycles. The molecule has 0 aliphatic heterocycles. The molecule has 6 heteroatoms. The molecule has 0 atom stereocenters. The second kappa shape index (κ2) is 6.13. The lowest BCUT2D eigenvalue weighted by atomic mass is 10.0. The van der Waals surface area contributed by atoms with Crippen molar-refractivity contribution in [3.8, 4) is 0 Å². The third-order valence-corrected chi connectivity index (χ3v) is 4.11. The minimum atomic E-state index is -0.442. The summed E-state index contributed by atoms with van der Waals surface area (Å²) in [5, 5.41) is 0.887. The van der Waals surface area contributed by atoms with Crippen molar-refractivity contribution in [2.75, 3.05) is 33.2 Å². The van der Waals surface area contributed by atoms with Crippen LogP contribution in [-0.4, -0.2) is 39.3 Å². The molecule has 1 aromatic carbocycles. The van der Waals surface area contributed by atoms with Crippen LogP contribution in [0.15, 0.2) is 18.4 Å². The van der Waals surface area contributed by atoms with E-state index in [1.54, 1.807) is 11.3 Å². The molecule has 0 bridgehead atoms. The summed E-state index contributed by atoms with van der Waals surface area (Å²) in [6, 6.07) is 3.98. The summed E-state index contributed by atoms with van der Waals surface area (Å²) < 4.78 is 10.9. The maximum absolute atomic E-state index is 12.0. The van der Waals surface area contributed by atoms with E-state index in [0.29, 0.717) is 5.57 Å². The van der Waals surface area contributed by atoms with E-state index in [2.05, 4.69) is 11.1 Å². The Kier molecular flexibility index (Phi) is 4.47. The molecule has 0 spiro atoms. The van der Waals surface area contributed by atoms with Crippen molar-refractivity contribution in [1.29, 1.82) is 0 Å². The van der Waals surface area contributed by atoms with Crippen molar-refractivity contribution < 1.29 is 14.3 Å². The van der Waals surface area contributed by atoms with E-state index in [4.69, 9.17) is 9.47 Å². The monoisotopic (exact) mass is 306 g/mol. The van der Waals surface area contributed by atoms with Gasteiger partial charge in [0.2, 0.25) is 0 Å². The normalized spacial score (nSPS) is 11.6. The van der Waals surface area contributed by atoms with Gasteiger partial charge in [0.15, 0.2) is 5.13 Å². The number of aryl methyl sites for hydroxylation is 1. The Bertz CT molecular complexity index is 704. The SMILES string of the molecule is CO/C=C(\C(=O)OC)c1cc(C)cc2sc(N(C)C)nc12. The Hall–Kier alpha value is -2.08. The van der Waals surface area contributed by atoms with E-state index in [0.717, 1.165) is 26.5 Å². The molecule has 0 radical (unpaired) electrons. The van der Waals surface area contributed by atoms with E-state index in [1.165, 1.54) is 20.5 Å². The van der Waals surface area contributed by atoms with Gasteiger partial charge in [0, 0.05) is 19.7 Å². The molecule has 0 saturated carbocycles. The van der Waals surface area contributed by atoms with Crippen molar-refractivity contribution >= 4 is 38.2 Å². The van der Waals surface area contributed by atoms with Gasteiger partial charge in [-0.05, 0) is 24.6 Å². The van der Waals surface area contributed by atoms with Gasteiger partial charge < -0.3 is 14.4 Å².